The Kier molecular flexibility index (Phi) is 5.29. The van der Waals surface area contributed by atoms with Gasteiger partial charge in [0, 0.05) is 18.4 Å². The van der Waals surface area contributed by atoms with Crippen LogP contribution in [0, 0.1) is 0 Å². The van der Waals surface area contributed by atoms with Crippen LogP contribution in [-0.4, -0.2) is 37.5 Å². The van der Waals surface area contributed by atoms with Crippen molar-refractivity contribution in [1.82, 2.24) is 0 Å². The summed E-state index contributed by atoms with van der Waals surface area (Å²) in [4.78, 5) is 12.2. The number of carbonyl (C=O) groups is 1. The molecule has 0 atom stereocenters. The minimum absolute atomic E-state index is 0.0447. The van der Waals surface area contributed by atoms with Crippen molar-refractivity contribution in [3.63, 3.8) is 0 Å². The molecule has 1 aromatic rings. The maximum absolute atomic E-state index is 12.2. The lowest BCUT2D eigenvalue weighted by Crippen LogP contribution is -2.38. The van der Waals surface area contributed by atoms with E-state index in [2.05, 4.69) is 0 Å². The van der Waals surface area contributed by atoms with Gasteiger partial charge < -0.3 is 19.3 Å². The van der Waals surface area contributed by atoms with Gasteiger partial charge in [0.1, 0.15) is 6.10 Å². The van der Waals surface area contributed by atoms with E-state index in [0.29, 0.717) is 37.6 Å². The van der Waals surface area contributed by atoms with Gasteiger partial charge in [-0.2, -0.15) is 0 Å². The van der Waals surface area contributed by atoms with Crippen LogP contribution < -0.4 is 9.47 Å². The third-order valence-corrected chi connectivity index (χ3v) is 5.28. The zero-order valence-electron chi connectivity index (χ0n) is 14.3. The number of hydrogen-bond acceptors (Lipinski definition) is 4. The van der Waals surface area contributed by atoms with Crippen molar-refractivity contribution < 1.29 is 24.1 Å². The highest BCUT2D eigenvalue weighted by Crippen LogP contribution is 2.47. The summed E-state index contributed by atoms with van der Waals surface area (Å²) in [5.41, 5.74) is -0.103. The number of hydrogen-bond donors (Lipinski definition) is 1. The molecule has 2 fully saturated rings. The van der Waals surface area contributed by atoms with Crippen LogP contribution in [0.25, 0.3) is 0 Å². The number of carboxylic acid groups (broad SMARTS) is 1. The number of ether oxygens (including phenoxy) is 3. The van der Waals surface area contributed by atoms with Crippen LogP contribution in [0.3, 0.4) is 0 Å². The largest absolute Gasteiger partial charge is 0.493 e. The zero-order valence-corrected chi connectivity index (χ0v) is 14.3. The average molecular weight is 334 g/mol. The van der Waals surface area contributed by atoms with E-state index in [9.17, 15) is 9.90 Å². The minimum Gasteiger partial charge on any atom is -0.493 e. The summed E-state index contributed by atoms with van der Waals surface area (Å²) < 4.78 is 17.2. The predicted octanol–water partition coefficient (Wildman–Crippen LogP) is 3.54. The quantitative estimate of drug-likeness (QED) is 0.892. The molecule has 1 N–H and O–H groups in total. The molecule has 1 saturated carbocycles. The standard InChI is InChI=1S/C19H26O5/c1-22-16-7-5-6-15(17(16)24-14-8-12-23-13-9-14)19(18(20)21)10-3-2-4-11-19/h5-7,14H,2-4,8-13H2,1H3,(H,20,21). The molecule has 1 saturated heterocycles. The van der Waals surface area contributed by atoms with Crippen molar-refractivity contribution in [2.24, 2.45) is 0 Å². The molecule has 3 rings (SSSR count). The number of rotatable bonds is 5. The lowest BCUT2D eigenvalue weighted by Gasteiger charge is -2.36. The van der Waals surface area contributed by atoms with E-state index >= 15 is 0 Å². The molecular weight excluding hydrogens is 308 g/mol. The number of para-hydroxylation sites is 1. The first-order valence-electron chi connectivity index (χ1n) is 8.82. The molecule has 0 radical (unpaired) electrons. The second kappa shape index (κ2) is 7.43. The van der Waals surface area contributed by atoms with Crippen molar-refractivity contribution in [3.8, 4) is 11.5 Å². The van der Waals surface area contributed by atoms with Gasteiger partial charge >= 0.3 is 5.97 Å². The Balaban J connectivity index is 2.00. The molecule has 0 unspecified atom stereocenters. The molecular formula is C19H26O5. The molecule has 1 aliphatic carbocycles. The summed E-state index contributed by atoms with van der Waals surface area (Å²) in [7, 11) is 1.60. The Morgan fingerprint density at radius 3 is 2.54 bits per heavy atom. The smallest absolute Gasteiger partial charge is 0.314 e. The van der Waals surface area contributed by atoms with Gasteiger partial charge in [-0.1, -0.05) is 31.4 Å². The number of carboxylic acids is 1. The summed E-state index contributed by atoms with van der Waals surface area (Å²) in [5.74, 6) is 0.466. The van der Waals surface area contributed by atoms with Crippen LogP contribution in [0.2, 0.25) is 0 Å². The van der Waals surface area contributed by atoms with Gasteiger partial charge in [-0.05, 0) is 18.9 Å². The average Bonchev–Trinajstić information content (AvgIpc) is 2.63. The van der Waals surface area contributed by atoms with Crippen molar-refractivity contribution in [2.45, 2.75) is 56.5 Å². The molecule has 1 aromatic carbocycles. The third kappa shape index (κ3) is 3.22. The van der Waals surface area contributed by atoms with E-state index < -0.39 is 11.4 Å². The van der Waals surface area contributed by atoms with Crippen molar-refractivity contribution in [3.05, 3.63) is 23.8 Å². The van der Waals surface area contributed by atoms with Gasteiger partial charge in [0.2, 0.25) is 0 Å². The van der Waals surface area contributed by atoms with E-state index in [1.807, 2.05) is 18.2 Å². The molecule has 0 spiro atoms. The topological polar surface area (TPSA) is 65.0 Å². The molecule has 24 heavy (non-hydrogen) atoms. The first kappa shape index (κ1) is 17.1. The molecule has 2 aliphatic rings. The van der Waals surface area contributed by atoms with Crippen LogP contribution in [0.1, 0.15) is 50.5 Å². The van der Waals surface area contributed by atoms with Crippen LogP contribution in [0.5, 0.6) is 11.5 Å². The summed E-state index contributed by atoms with van der Waals surface area (Å²) in [6, 6.07) is 5.61. The normalized spacial score (nSPS) is 21.2. The highest BCUT2D eigenvalue weighted by atomic mass is 16.5. The second-order valence-corrected chi connectivity index (χ2v) is 6.71. The fraction of sp³-hybridized carbons (Fsp3) is 0.632. The summed E-state index contributed by atoms with van der Waals surface area (Å²) in [6.07, 6.45) is 5.94. The molecule has 5 nitrogen and oxygen atoms in total. The Bertz CT molecular complexity index is 571. The van der Waals surface area contributed by atoms with Gasteiger partial charge in [-0.25, -0.2) is 0 Å². The van der Waals surface area contributed by atoms with Crippen molar-refractivity contribution in [1.29, 1.82) is 0 Å². The maximum Gasteiger partial charge on any atom is 0.314 e. The SMILES string of the molecule is COc1cccc(C2(C(=O)O)CCCCC2)c1OC1CCOCC1. The molecule has 132 valence electrons. The lowest BCUT2D eigenvalue weighted by atomic mass is 9.69. The van der Waals surface area contributed by atoms with E-state index in [-0.39, 0.29) is 6.10 Å². The fourth-order valence-corrected chi connectivity index (χ4v) is 3.89. The Morgan fingerprint density at radius 2 is 1.92 bits per heavy atom. The van der Waals surface area contributed by atoms with Gasteiger partial charge in [0.05, 0.1) is 25.7 Å². The second-order valence-electron chi connectivity index (χ2n) is 6.71. The molecule has 1 aliphatic heterocycles. The van der Waals surface area contributed by atoms with E-state index in [4.69, 9.17) is 14.2 Å². The Hall–Kier alpha value is -1.75. The van der Waals surface area contributed by atoms with E-state index in [1.54, 1.807) is 7.11 Å². The predicted molar refractivity (Wildman–Crippen MR) is 89.9 cm³/mol. The molecule has 0 aromatic heterocycles. The van der Waals surface area contributed by atoms with Crippen LogP contribution in [-0.2, 0) is 14.9 Å². The highest BCUT2D eigenvalue weighted by molar-refractivity contribution is 5.83. The monoisotopic (exact) mass is 334 g/mol. The number of benzene rings is 1. The highest BCUT2D eigenvalue weighted by Gasteiger charge is 2.44. The van der Waals surface area contributed by atoms with Gasteiger partial charge in [-0.15, -0.1) is 0 Å². The summed E-state index contributed by atoms with van der Waals surface area (Å²) >= 11 is 0. The van der Waals surface area contributed by atoms with Gasteiger partial charge in [0.15, 0.2) is 11.5 Å². The lowest BCUT2D eigenvalue weighted by molar-refractivity contribution is -0.145. The Labute approximate surface area is 142 Å². The summed E-state index contributed by atoms with van der Waals surface area (Å²) in [5, 5.41) is 10.0. The molecule has 5 heteroatoms. The third-order valence-electron chi connectivity index (χ3n) is 5.28. The number of aliphatic carboxylic acids is 1. The van der Waals surface area contributed by atoms with Gasteiger partial charge in [-0.3, -0.25) is 4.79 Å². The zero-order chi connectivity index (χ0) is 17.0. The van der Waals surface area contributed by atoms with Crippen LogP contribution in [0.4, 0.5) is 0 Å². The molecule has 0 bridgehead atoms. The van der Waals surface area contributed by atoms with Crippen LogP contribution >= 0.6 is 0 Å². The molecule has 0 amide bonds. The summed E-state index contributed by atoms with van der Waals surface area (Å²) in [6.45, 7) is 1.36. The van der Waals surface area contributed by atoms with E-state index in [1.165, 1.54) is 0 Å². The van der Waals surface area contributed by atoms with Crippen molar-refractivity contribution >= 4 is 5.97 Å². The first-order valence-corrected chi connectivity index (χ1v) is 8.82. The van der Waals surface area contributed by atoms with Crippen molar-refractivity contribution in [2.75, 3.05) is 20.3 Å². The first-order chi connectivity index (χ1) is 11.7. The van der Waals surface area contributed by atoms with Gasteiger partial charge in [0.25, 0.3) is 0 Å². The Morgan fingerprint density at radius 1 is 1.21 bits per heavy atom. The molecule has 1 heterocycles. The van der Waals surface area contributed by atoms with Crippen LogP contribution in [0.15, 0.2) is 18.2 Å². The minimum atomic E-state index is -0.868. The van der Waals surface area contributed by atoms with E-state index in [0.717, 1.165) is 37.7 Å². The fourth-order valence-electron chi connectivity index (χ4n) is 3.89. The maximum atomic E-state index is 12.2. The number of methoxy groups -OCH3 is 1.